The Morgan fingerprint density at radius 2 is 2.16 bits per heavy atom. The van der Waals surface area contributed by atoms with Gasteiger partial charge in [0.25, 0.3) is 5.69 Å². The van der Waals surface area contributed by atoms with E-state index in [1.165, 1.54) is 6.07 Å². The highest BCUT2D eigenvalue weighted by Gasteiger charge is 2.38. The number of nitro groups is 1. The van der Waals surface area contributed by atoms with Crippen molar-refractivity contribution in [2.45, 2.75) is 26.8 Å². The SMILES string of the molecule is Cc1ccc([C@@H]2NC(=O)OCC2(C)C)cc1[N+](=O)[O-]. The molecule has 1 fully saturated rings. The van der Waals surface area contributed by atoms with Crippen molar-refractivity contribution >= 4 is 11.8 Å². The van der Waals surface area contributed by atoms with E-state index in [9.17, 15) is 14.9 Å². The molecule has 1 aromatic rings. The van der Waals surface area contributed by atoms with Crippen molar-refractivity contribution in [3.63, 3.8) is 0 Å². The molecule has 0 bridgehead atoms. The van der Waals surface area contributed by atoms with Crippen molar-refractivity contribution in [3.8, 4) is 0 Å². The van der Waals surface area contributed by atoms with Crippen LogP contribution in [0.2, 0.25) is 0 Å². The monoisotopic (exact) mass is 264 g/mol. The normalized spacial score (nSPS) is 21.4. The number of hydrogen-bond donors (Lipinski definition) is 1. The third kappa shape index (κ3) is 2.52. The highest BCUT2D eigenvalue weighted by molar-refractivity contribution is 5.69. The molecule has 102 valence electrons. The Morgan fingerprint density at radius 1 is 1.47 bits per heavy atom. The molecule has 19 heavy (non-hydrogen) atoms. The van der Waals surface area contributed by atoms with Gasteiger partial charge in [-0.15, -0.1) is 0 Å². The number of nitro benzene ring substituents is 1. The maximum absolute atomic E-state index is 11.4. The lowest BCUT2D eigenvalue weighted by Crippen LogP contribution is -2.46. The first-order chi connectivity index (χ1) is 8.81. The lowest BCUT2D eigenvalue weighted by atomic mass is 9.80. The quantitative estimate of drug-likeness (QED) is 0.657. The van der Waals surface area contributed by atoms with Gasteiger partial charge in [0.1, 0.15) is 6.61 Å². The van der Waals surface area contributed by atoms with Gasteiger partial charge in [-0.1, -0.05) is 26.0 Å². The summed E-state index contributed by atoms with van der Waals surface area (Å²) in [6, 6.07) is 4.73. The first-order valence-electron chi connectivity index (χ1n) is 5.99. The number of hydrogen-bond acceptors (Lipinski definition) is 4. The minimum atomic E-state index is -0.493. The van der Waals surface area contributed by atoms with E-state index in [1.54, 1.807) is 19.1 Å². The molecule has 0 spiro atoms. The summed E-state index contributed by atoms with van der Waals surface area (Å²) in [5, 5.41) is 13.7. The Balaban J connectivity index is 2.42. The lowest BCUT2D eigenvalue weighted by molar-refractivity contribution is -0.385. The van der Waals surface area contributed by atoms with Crippen molar-refractivity contribution in [3.05, 3.63) is 39.4 Å². The molecule has 0 aliphatic carbocycles. The van der Waals surface area contributed by atoms with Crippen molar-refractivity contribution < 1.29 is 14.5 Å². The van der Waals surface area contributed by atoms with E-state index in [0.717, 1.165) is 5.56 Å². The average Bonchev–Trinajstić information content (AvgIpc) is 2.33. The van der Waals surface area contributed by atoms with Crippen LogP contribution in [0.3, 0.4) is 0 Å². The predicted molar refractivity (Wildman–Crippen MR) is 68.8 cm³/mol. The van der Waals surface area contributed by atoms with Gasteiger partial charge in [-0.25, -0.2) is 4.79 Å². The molecule has 1 saturated heterocycles. The molecule has 0 aromatic heterocycles. The Kier molecular flexibility index (Phi) is 3.18. The Labute approximate surface area is 110 Å². The number of amides is 1. The zero-order valence-electron chi connectivity index (χ0n) is 11.1. The summed E-state index contributed by atoms with van der Waals surface area (Å²) in [6.07, 6.45) is -0.493. The summed E-state index contributed by atoms with van der Waals surface area (Å²) < 4.78 is 4.96. The number of carbonyl (C=O) groups is 1. The van der Waals surface area contributed by atoms with Crippen molar-refractivity contribution in [1.29, 1.82) is 0 Å². The third-order valence-corrected chi connectivity index (χ3v) is 3.38. The third-order valence-electron chi connectivity index (χ3n) is 3.38. The van der Waals surface area contributed by atoms with Crippen LogP contribution in [-0.2, 0) is 4.74 Å². The second-order valence-electron chi connectivity index (χ2n) is 5.45. The van der Waals surface area contributed by atoms with E-state index in [-0.39, 0.29) is 23.8 Å². The van der Waals surface area contributed by atoms with E-state index < -0.39 is 11.0 Å². The summed E-state index contributed by atoms with van der Waals surface area (Å²) in [4.78, 5) is 21.9. The van der Waals surface area contributed by atoms with Gasteiger partial charge >= 0.3 is 6.09 Å². The summed E-state index contributed by atoms with van der Waals surface area (Å²) >= 11 is 0. The second kappa shape index (κ2) is 4.53. The topological polar surface area (TPSA) is 81.5 Å². The lowest BCUT2D eigenvalue weighted by Gasteiger charge is -2.38. The van der Waals surface area contributed by atoms with Crippen LogP contribution >= 0.6 is 0 Å². The maximum atomic E-state index is 11.4. The van der Waals surface area contributed by atoms with Gasteiger partial charge in [-0.2, -0.15) is 0 Å². The van der Waals surface area contributed by atoms with Crippen LogP contribution in [0.4, 0.5) is 10.5 Å². The van der Waals surface area contributed by atoms with Gasteiger partial charge in [0, 0.05) is 17.0 Å². The minimum Gasteiger partial charge on any atom is -0.449 e. The van der Waals surface area contributed by atoms with Crippen LogP contribution in [0, 0.1) is 22.5 Å². The van der Waals surface area contributed by atoms with Crippen LogP contribution in [0.15, 0.2) is 18.2 Å². The molecule has 0 unspecified atom stereocenters. The Morgan fingerprint density at radius 3 is 2.79 bits per heavy atom. The number of benzene rings is 1. The van der Waals surface area contributed by atoms with E-state index >= 15 is 0 Å². The molecule has 0 saturated carbocycles. The average molecular weight is 264 g/mol. The molecule has 1 atom stereocenters. The van der Waals surface area contributed by atoms with Crippen molar-refractivity contribution in [2.24, 2.45) is 5.41 Å². The van der Waals surface area contributed by atoms with Gasteiger partial charge in [-0.05, 0) is 12.5 Å². The molecular weight excluding hydrogens is 248 g/mol. The van der Waals surface area contributed by atoms with Gasteiger partial charge in [0.15, 0.2) is 0 Å². The highest BCUT2D eigenvalue weighted by atomic mass is 16.6. The number of nitrogens with one attached hydrogen (secondary N) is 1. The maximum Gasteiger partial charge on any atom is 0.407 e. The number of ether oxygens (including phenoxy) is 1. The van der Waals surface area contributed by atoms with Crippen molar-refractivity contribution in [2.75, 3.05) is 6.61 Å². The highest BCUT2D eigenvalue weighted by Crippen LogP contribution is 2.37. The van der Waals surface area contributed by atoms with Gasteiger partial charge in [0.05, 0.1) is 11.0 Å². The van der Waals surface area contributed by atoms with E-state index in [1.807, 2.05) is 13.8 Å². The van der Waals surface area contributed by atoms with Crippen molar-refractivity contribution in [1.82, 2.24) is 5.32 Å². The number of alkyl carbamates (subject to hydrolysis) is 1. The molecule has 1 heterocycles. The molecule has 1 aliphatic rings. The van der Waals surface area contributed by atoms with Gasteiger partial charge in [0.2, 0.25) is 0 Å². The summed E-state index contributed by atoms with van der Waals surface area (Å²) in [5.41, 5.74) is 1.06. The fourth-order valence-electron chi connectivity index (χ4n) is 2.23. The molecule has 1 aliphatic heterocycles. The van der Waals surface area contributed by atoms with Crippen LogP contribution in [0.25, 0.3) is 0 Å². The summed E-state index contributed by atoms with van der Waals surface area (Å²) in [7, 11) is 0. The van der Waals surface area contributed by atoms with Crippen LogP contribution in [0.5, 0.6) is 0 Å². The molecular formula is C13H16N2O4. The predicted octanol–water partition coefficient (Wildman–Crippen LogP) is 2.71. The van der Waals surface area contributed by atoms with E-state index in [0.29, 0.717) is 5.56 Å². The second-order valence-corrected chi connectivity index (χ2v) is 5.45. The number of cyclic esters (lactones) is 1. The smallest absolute Gasteiger partial charge is 0.407 e. The standard InChI is InChI=1S/C13H16N2O4/c1-8-4-5-9(6-10(8)15(17)18)11-13(2,3)7-19-12(16)14-11/h4-6,11H,7H2,1-3H3,(H,14,16)/t11-/m0/s1. The van der Waals surface area contributed by atoms with Crippen LogP contribution in [0.1, 0.15) is 31.0 Å². The molecule has 1 amide bonds. The van der Waals surface area contributed by atoms with Gasteiger partial charge < -0.3 is 10.1 Å². The molecule has 0 radical (unpaired) electrons. The van der Waals surface area contributed by atoms with Crippen LogP contribution < -0.4 is 5.32 Å². The molecule has 1 N–H and O–H groups in total. The van der Waals surface area contributed by atoms with E-state index in [2.05, 4.69) is 5.32 Å². The largest absolute Gasteiger partial charge is 0.449 e. The molecule has 2 rings (SSSR count). The summed E-state index contributed by atoms with van der Waals surface area (Å²) in [5.74, 6) is 0. The summed E-state index contributed by atoms with van der Waals surface area (Å²) in [6.45, 7) is 5.87. The zero-order valence-corrected chi connectivity index (χ0v) is 11.1. The van der Waals surface area contributed by atoms with Crippen LogP contribution in [-0.4, -0.2) is 17.6 Å². The first kappa shape index (κ1) is 13.3. The molecule has 6 nitrogen and oxygen atoms in total. The Hall–Kier alpha value is -2.11. The Bertz CT molecular complexity index is 539. The van der Waals surface area contributed by atoms with E-state index in [4.69, 9.17) is 4.74 Å². The fourth-order valence-corrected chi connectivity index (χ4v) is 2.23. The fraction of sp³-hybridized carbons (Fsp3) is 0.462. The minimum absolute atomic E-state index is 0.0639. The first-order valence-corrected chi connectivity index (χ1v) is 5.99. The number of aryl methyl sites for hydroxylation is 1. The molecule has 6 heteroatoms. The number of rotatable bonds is 2. The number of carbonyl (C=O) groups excluding carboxylic acids is 1. The zero-order chi connectivity index (χ0) is 14.2. The molecule has 1 aromatic carbocycles. The van der Waals surface area contributed by atoms with Gasteiger partial charge in [-0.3, -0.25) is 10.1 Å². The number of nitrogens with zero attached hydrogens (tertiary/aromatic N) is 1.